The number of sulfonamides is 1. The van der Waals surface area contributed by atoms with Gasteiger partial charge >= 0.3 is 0 Å². The fraction of sp³-hybridized carbons (Fsp3) is 0.583. The van der Waals surface area contributed by atoms with Crippen LogP contribution in [0.15, 0.2) is 40.6 Å². The molecule has 0 spiro atoms. The molecule has 0 unspecified atom stereocenters. The van der Waals surface area contributed by atoms with Gasteiger partial charge in [-0.2, -0.15) is 4.40 Å². The zero-order valence-electron chi connectivity index (χ0n) is 19.4. The van der Waals surface area contributed by atoms with Crippen LogP contribution >= 0.6 is 0 Å². The molecule has 5 rings (SSSR count). The quantitative estimate of drug-likeness (QED) is 0.665. The van der Waals surface area contributed by atoms with Gasteiger partial charge in [0, 0.05) is 13.1 Å². The summed E-state index contributed by atoms with van der Waals surface area (Å²) in [5.41, 5.74) is 1.97. The van der Waals surface area contributed by atoms with Gasteiger partial charge in [-0.25, -0.2) is 8.42 Å². The third-order valence-electron chi connectivity index (χ3n) is 6.48. The Labute approximate surface area is 196 Å². The normalized spacial score (nSPS) is 26.8. The van der Waals surface area contributed by atoms with E-state index in [4.69, 9.17) is 9.47 Å². The Morgan fingerprint density at radius 2 is 1.91 bits per heavy atom. The number of carbonyl (C=O) groups excluding carboxylic acids is 1. The van der Waals surface area contributed by atoms with E-state index in [1.54, 1.807) is 16.1 Å². The van der Waals surface area contributed by atoms with Gasteiger partial charge in [0.25, 0.3) is 15.9 Å². The Balaban J connectivity index is 1.65. The predicted molar refractivity (Wildman–Crippen MR) is 127 cm³/mol. The molecule has 2 bridgehead atoms. The Morgan fingerprint density at radius 1 is 1.15 bits per heavy atom. The number of amides is 1. The summed E-state index contributed by atoms with van der Waals surface area (Å²) in [5, 5.41) is 0. The first-order valence-electron chi connectivity index (χ1n) is 11.7. The summed E-state index contributed by atoms with van der Waals surface area (Å²) in [6, 6.07) is 7.93. The molecule has 1 amide bonds. The number of allylic oxidation sites excluding steroid dienone is 1. The van der Waals surface area contributed by atoms with Crippen molar-refractivity contribution in [3.8, 4) is 5.75 Å². The molecule has 0 aromatic heterocycles. The summed E-state index contributed by atoms with van der Waals surface area (Å²) >= 11 is 0. The molecule has 0 atom stereocenters. The molecule has 1 aromatic rings. The number of hydrogen-bond acceptors (Lipinski definition) is 6. The Morgan fingerprint density at radius 3 is 2.67 bits per heavy atom. The summed E-state index contributed by atoms with van der Waals surface area (Å²) < 4.78 is 41.5. The maximum absolute atomic E-state index is 13.2. The maximum Gasteiger partial charge on any atom is 0.265 e. The highest BCUT2D eigenvalue weighted by molar-refractivity contribution is 7.90. The minimum Gasteiger partial charge on any atom is -0.496 e. The van der Waals surface area contributed by atoms with E-state index in [9.17, 15) is 13.2 Å². The number of ether oxygens (including phenoxy) is 2. The van der Waals surface area contributed by atoms with Crippen molar-refractivity contribution in [2.24, 2.45) is 4.40 Å². The number of hydrogen-bond donors (Lipinski definition) is 0. The van der Waals surface area contributed by atoms with E-state index in [-0.39, 0.29) is 24.4 Å². The highest BCUT2D eigenvalue weighted by Crippen LogP contribution is 2.39. The maximum atomic E-state index is 13.2. The lowest BCUT2D eigenvalue weighted by Gasteiger charge is -2.31. The molecule has 180 valence electrons. The molecule has 1 saturated heterocycles. The lowest BCUT2D eigenvalue weighted by Crippen LogP contribution is -2.41. The molecule has 3 heterocycles. The molecule has 3 aliphatic heterocycles. The molecule has 1 aliphatic carbocycles. The summed E-state index contributed by atoms with van der Waals surface area (Å²) in [5.74, 6) is 0.822. The average Bonchev–Trinajstić information content (AvgIpc) is 2.82. The third kappa shape index (κ3) is 5.95. The minimum absolute atomic E-state index is 0.0352. The van der Waals surface area contributed by atoms with Crippen LogP contribution in [0, 0.1) is 0 Å². The highest BCUT2D eigenvalue weighted by atomic mass is 32.2. The molecule has 2 fully saturated rings. The van der Waals surface area contributed by atoms with Crippen molar-refractivity contribution in [1.29, 1.82) is 0 Å². The standard InChI is InChI=1S/C24H33N3O5S/c1-26(2)14-15-33(29,30)25-21-7-5-13-27-22(21)16-31-19-11-9-18(10-12-19)20-6-3-4-8-23(20)32-17-24(27)28/h3-4,6,8,16,18-19H,5,7,9-15,17H2,1-2H3/b22-16-,25-21+. The van der Waals surface area contributed by atoms with Crippen LogP contribution in [0.3, 0.4) is 0 Å². The lowest BCUT2D eigenvalue weighted by molar-refractivity contribution is -0.131. The molecule has 33 heavy (non-hydrogen) atoms. The first-order valence-corrected chi connectivity index (χ1v) is 13.3. The van der Waals surface area contributed by atoms with E-state index in [0.717, 1.165) is 37.0 Å². The van der Waals surface area contributed by atoms with Crippen molar-refractivity contribution < 1.29 is 22.7 Å². The van der Waals surface area contributed by atoms with E-state index >= 15 is 0 Å². The second-order valence-corrected chi connectivity index (χ2v) is 11.0. The van der Waals surface area contributed by atoms with Crippen LogP contribution in [0.25, 0.3) is 0 Å². The van der Waals surface area contributed by atoms with Gasteiger partial charge in [-0.15, -0.1) is 0 Å². The first kappa shape index (κ1) is 23.8. The van der Waals surface area contributed by atoms with Crippen LogP contribution in [0.5, 0.6) is 5.75 Å². The van der Waals surface area contributed by atoms with Crippen molar-refractivity contribution in [2.75, 3.05) is 39.5 Å². The highest BCUT2D eigenvalue weighted by Gasteiger charge is 2.31. The fourth-order valence-corrected chi connectivity index (χ4v) is 5.85. The second kappa shape index (κ2) is 10.3. The summed E-state index contributed by atoms with van der Waals surface area (Å²) in [6.07, 6.45) is 6.46. The van der Waals surface area contributed by atoms with Gasteiger partial charge in [-0.3, -0.25) is 4.79 Å². The number of benzene rings is 1. The number of fused-ring (bicyclic) bond motifs is 5. The van der Waals surface area contributed by atoms with Crippen molar-refractivity contribution in [3.05, 3.63) is 41.8 Å². The van der Waals surface area contributed by atoms with Crippen molar-refractivity contribution in [3.63, 3.8) is 0 Å². The van der Waals surface area contributed by atoms with Crippen molar-refractivity contribution in [1.82, 2.24) is 9.80 Å². The Kier molecular flexibility index (Phi) is 7.38. The van der Waals surface area contributed by atoms with Crippen LogP contribution in [-0.2, 0) is 19.6 Å². The largest absolute Gasteiger partial charge is 0.496 e. The van der Waals surface area contributed by atoms with Gasteiger partial charge in [-0.05, 0) is 70.2 Å². The molecule has 0 N–H and O–H groups in total. The van der Waals surface area contributed by atoms with Crippen LogP contribution in [-0.4, -0.2) is 75.5 Å². The van der Waals surface area contributed by atoms with Gasteiger partial charge in [0.1, 0.15) is 17.7 Å². The summed E-state index contributed by atoms with van der Waals surface area (Å²) in [7, 11) is -0.0276. The first-order chi connectivity index (χ1) is 15.8. The SMILES string of the molecule is CN(C)CCS(=O)(=O)/N=C1CCCN2C(=O)COc3ccccc3C3CCC(CC3)O\C=C\12. The monoisotopic (exact) mass is 475 g/mol. The van der Waals surface area contributed by atoms with E-state index in [0.29, 0.717) is 43.3 Å². The Hall–Kier alpha value is -2.39. The number of para-hydroxylation sites is 1. The molecule has 9 heteroatoms. The zero-order valence-corrected chi connectivity index (χ0v) is 20.2. The number of nitrogens with zero attached hydrogens (tertiary/aromatic N) is 3. The molecule has 1 saturated carbocycles. The summed E-state index contributed by atoms with van der Waals surface area (Å²) in [6.45, 7) is 0.738. The van der Waals surface area contributed by atoms with Gasteiger partial charge in [0.2, 0.25) is 0 Å². The molecular formula is C24H33N3O5S. The van der Waals surface area contributed by atoms with Gasteiger partial charge in [0.05, 0.1) is 17.6 Å². The number of carbonyl (C=O) groups is 1. The number of rotatable bonds is 4. The average molecular weight is 476 g/mol. The van der Waals surface area contributed by atoms with E-state index in [1.807, 2.05) is 32.3 Å². The van der Waals surface area contributed by atoms with Gasteiger partial charge in [-0.1, -0.05) is 18.2 Å². The molecule has 1 aromatic carbocycles. The lowest BCUT2D eigenvalue weighted by atomic mass is 9.82. The predicted octanol–water partition coefficient (Wildman–Crippen LogP) is 2.92. The Bertz CT molecular complexity index is 1030. The van der Waals surface area contributed by atoms with Crippen molar-refractivity contribution in [2.45, 2.75) is 50.5 Å². The van der Waals surface area contributed by atoms with Crippen LogP contribution < -0.4 is 4.74 Å². The minimum atomic E-state index is -3.67. The van der Waals surface area contributed by atoms with Crippen LogP contribution in [0.2, 0.25) is 0 Å². The van der Waals surface area contributed by atoms with Crippen LogP contribution in [0.1, 0.15) is 50.0 Å². The summed E-state index contributed by atoms with van der Waals surface area (Å²) in [4.78, 5) is 16.5. The molecule has 4 aliphatic rings. The molecule has 0 radical (unpaired) electrons. The topological polar surface area (TPSA) is 88.5 Å². The smallest absolute Gasteiger partial charge is 0.265 e. The zero-order chi connectivity index (χ0) is 23.4. The third-order valence-corrected chi connectivity index (χ3v) is 7.68. The number of piperidine rings is 1. The van der Waals surface area contributed by atoms with Gasteiger partial charge < -0.3 is 19.3 Å². The van der Waals surface area contributed by atoms with E-state index < -0.39 is 10.0 Å². The van der Waals surface area contributed by atoms with Gasteiger partial charge in [0.15, 0.2) is 6.61 Å². The van der Waals surface area contributed by atoms with E-state index in [2.05, 4.69) is 10.5 Å². The fourth-order valence-electron chi connectivity index (χ4n) is 4.64. The molecular weight excluding hydrogens is 442 g/mol. The molecule has 8 nitrogen and oxygen atoms in total. The van der Waals surface area contributed by atoms with Crippen LogP contribution in [0.4, 0.5) is 0 Å². The van der Waals surface area contributed by atoms with Crippen molar-refractivity contribution >= 4 is 21.6 Å². The second-order valence-electron chi connectivity index (χ2n) is 9.22. The van der Waals surface area contributed by atoms with E-state index in [1.165, 1.54) is 0 Å².